The summed E-state index contributed by atoms with van der Waals surface area (Å²) in [5, 5.41) is 2.85. The van der Waals surface area contributed by atoms with Gasteiger partial charge in [0, 0.05) is 12.2 Å². The van der Waals surface area contributed by atoms with Crippen molar-refractivity contribution in [3.63, 3.8) is 0 Å². The number of carbonyl (C=O) groups excluding carboxylic acids is 1. The summed E-state index contributed by atoms with van der Waals surface area (Å²) in [6.07, 6.45) is 3.23. The second kappa shape index (κ2) is 6.78. The van der Waals surface area contributed by atoms with Crippen molar-refractivity contribution in [2.75, 3.05) is 19.4 Å². The lowest BCUT2D eigenvalue weighted by Gasteiger charge is -2.11. The van der Waals surface area contributed by atoms with Crippen molar-refractivity contribution in [2.24, 2.45) is 0 Å². The van der Waals surface area contributed by atoms with Crippen molar-refractivity contribution < 1.29 is 9.53 Å². The molecule has 1 aromatic rings. The molecule has 4 heteroatoms. The SMILES string of the molecule is CCCCCNC(=O)c1c(N)cccc1OC. The Kier molecular flexibility index (Phi) is 5.33. The summed E-state index contributed by atoms with van der Waals surface area (Å²) in [7, 11) is 1.53. The third-order valence-electron chi connectivity index (χ3n) is 2.57. The summed E-state index contributed by atoms with van der Waals surface area (Å²) in [5.41, 5.74) is 6.65. The second-order valence-corrected chi connectivity index (χ2v) is 3.89. The molecule has 1 rings (SSSR count). The van der Waals surface area contributed by atoms with Crippen molar-refractivity contribution in [2.45, 2.75) is 26.2 Å². The van der Waals surface area contributed by atoms with Crippen molar-refractivity contribution in [1.82, 2.24) is 5.32 Å². The number of unbranched alkanes of at least 4 members (excludes halogenated alkanes) is 2. The van der Waals surface area contributed by atoms with E-state index in [9.17, 15) is 4.79 Å². The molecule has 0 aromatic heterocycles. The fourth-order valence-electron chi connectivity index (χ4n) is 1.63. The largest absolute Gasteiger partial charge is 0.496 e. The summed E-state index contributed by atoms with van der Waals surface area (Å²) >= 11 is 0. The van der Waals surface area contributed by atoms with E-state index in [2.05, 4.69) is 12.2 Å². The van der Waals surface area contributed by atoms with E-state index >= 15 is 0 Å². The maximum Gasteiger partial charge on any atom is 0.257 e. The number of nitrogen functional groups attached to an aromatic ring is 1. The van der Waals surface area contributed by atoms with Gasteiger partial charge in [-0.2, -0.15) is 0 Å². The van der Waals surface area contributed by atoms with Crippen molar-refractivity contribution >= 4 is 11.6 Å². The number of ether oxygens (including phenoxy) is 1. The number of nitrogens with two attached hydrogens (primary N) is 1. The molecule has 0 fully saturated rings. The predicted octanol–water partition coefficient (Wildman–Crippen LogP) is 2.20. The lowest BCUT2D eigenvalue weighted by atomic mass is 10.1. The van der Waals surface area contributed by atoms with Crippen molar-refractivity contribution in [3.8, 4) is 5.75 Å². The molecule has 3 N–H and O–H groups in total. The van der Waals surface area contributed by atoms with E-state index in [1.54, 1.807) is 18.2 Å². The number of benzene rings is 1. The van der Waals surface area contributed by atoms with Gasteiger partial charge in [-0.25, -0.2) is 0 Å². The first kappa shape index (κ1) is 13.4. The Balaban J connectivity index is 2.68. The van der Waals surface area contributed by atoms with Crippen LogP contribution in [0.1, 0.15) is 36.5 Å². The van der Waals surface area contributed by atoms with E-state index in [4.69, 9.17) is 10.5 Å². The van der Waals surface area contributed by atoms with Crippen LogP contribution in [0.2, 0.25) is 0 Å². The van der Waals surface area contributed by atoms with Gasteiger partial charge in [-0.05, 0) is 18.6 Å². The Hall–Kier alpha value is -1.71. The number of carbonyl (C=O) groups is 1. The molecule has 0 aliphatic heterocycles. The summed E-state index contributed by atoms with van der Waals surface area (Å²) in [5.74, 6) is 0.342. The maximum atomic E-state index is 11.9. The number of amides is 1. The number of rotatable bonds is 6. The van der Waals surface area contributed by atoms with E-state index in [0.717, 1.165) is 19.3 Å². The van der Waals surface area contributed by atoms with Crippen LogP contribution in [0.5, 0.6) is 5.75 Å². The summed E-state index contributed by atoms with van der Waals surface area (Å²) in [4.78, 5) is 11.9. The van der Waals surface area contributed by atoms with Crippen molar-refractivity contribution in [3.05, 3.63) is 23.8 Å². The Morgan fingerprint density at radius 2 is 2.18 bits per heavy atom. The normalized spacial score (nSPS) is 10.0. The molecule has 0 aliphatic rings. The molecule has 0 bridgehead atoms. The second-order valence-electron chi connectivity index (χ2n) is 3.89. The fraction of sp³-hybridized carbons (Fsp3) is 0.462. The van der Waals surface area contributed by atoms with Gasteiger partial charge < -0.3 is 15.8 Å². The Labute approximate surface area is 102 Å². The highest BCUT2D eigenvalue weighted by Crippen LogP contribution is 2.23. The van der Waals surface area contributed by atoms with Gasteiger partial charge in [0.25, 0.3) is 5.91 Å². The van der Waals surface area contributed by atoms with Gasteiger partial charge in [0.05, 0.1) is 7.11 Å². The first-order valence-corrected chi connectivity index (χ1v) is 5.91. The minimum atomic E-state index is -0.170. The average Bonchev–Trinajstić information content (AvgIpc) is 2.34. The molecule has 0 atom stereocenters. The summed E-state index contributed by atoms with van der Waals surface area (Å²) in [6, 6.07) is 5.20. The van der Waals surface area contributed by atoms with Crippen LogP contribution in [-0.2, 0) is 0 Å². The number of nitrogens with one attached hydrogen (secondary N) is 1. The third-order valence-corrected chi connectivity index (χ3v) is 2.57. The van der Waals surface area contributed by atoms with E-state index in [0.29, 0.717) is 23.5 Å². The van der Waals surface area contributed by atoms with Gasteiger partial charge in [-0.3, -0.25) is 4.79 Å². The molecule has 94 valence electrons. The van der Waals surface area contributed by atoms with E-state index in [1.807, 2.05) is 0 Å². The molecule has 0 heterocycles. The number of hydrogen-bond acceptors (Lipinski definition) is 3. The average molecular weight is 236 g/mol. The highest BCUT2D eigenvalue weighted by molar-refractivity contribution is 6.01. The van der Waals surface area contributed by atoms with E-state index in [1.165, 1.54) is 7.11 Å². The molecule has 0 spiro atoms. The van der Waals surface area contributed by atoms with Crippen LogP contribution in [0.25, 0.3) is 0 Å². The molecule has 1 aromatic carbocycles. The van der Waals surface area contributed by atoms with Gasteiger partial charge in [0.2, 0.25) is 0 Å². The summed E-state index contributed by atoms with van der Waals surface area (Å²) < 4.78 is 5.13. The molecule has 0 aliphatic carbocycles. The van der Waals surface area contributed by atoms with Crippen LogP contribution < -0.4 is 15.8 Å². The molecular weight excluding hydrogens is 216 g/mol. The van der Waals surface area contributed by atoms with Crippen LogP contribution in [0.15, 0.2) is 18.2 Å². The van der Waals surface area contributed by atoms with Crippen molar-refractivity contribution in [1.29, 1.82) is 0 Å². The van der Waals surface area contributed by atoms with Crippen LogP contribution in [0.4, 0.5) is 5.69 Å². The smallest absolute Gasteiger partial charge is 0.257 e. The Morgan fingerprint density at radius 3 is 2.82 bits per heavy atom. The first-order valence-electron chi connectivity index (χ1n) is 5.91. The van der Waals surface area contributed by atoms with Gasteiger partial charge in [0.15, 0.2) is 0 Å². The quantitative estimate of drug-likeness (QED) is 0.588. The Morgan fingerprint density at radius 1 is 1.41 bits per heavy atom. The minimum Gasteiger partial charge on any atom is -0.496 e. The number of hydrogen-bond donors (Lipinski definition) is 2. The zero-order valence-electron chi connectivity index (χ0n) is 10.5. The van der Waals surface area contributed by atoms with Crippen LogP contribution in [-0.4, -0.2) is 19.6 Å². The van der Waals surface area contributed by atoms with Gasteiger partial charge >= 0.3 is 0 Å². The molecule has 1 amide bonds. The molecular formula is C13H20N2O2. The van der Waals surface area contributed by atoms with Crippen LogP contribution in [0, 0.1) is 0 Å². The monoisotopic (exact) mass is 236 g/mol. The van der Waals surface area contributed by atoms with Gasteiger partial charge in [-0.1, -0.05) is 25.8 Å². The highest BCUT2D eigenvalue weighted by Gasteiger charge is 2.14. The predicted molar refractivity (Wildman–Crippen MR) is 69.3 cm³/mol. The molecule has 17 heavy (non-hydrogen) atoms. The van der Waals surface area contributed by atoms with Crippen LogP contribution in [0.3, 0.4) is 0 Å². The number of anilines is 1. The molecule has 0 unspecified atom stereocenters. The topological polar surface area (TPSA) is 64.4 Å². The summed E-state index contributed by atoms with van der Waals surface area (Å²) in [6.45, 7) is 2.80. The van der Waals surface area contributed by atoms with E-state index < -0.39 is 0 Å². The Bertz CT molecular complexity index is 378. The lowest BCUT2D eigenvalue weighted by Crippen LogP contribution is -2.25. The lowest BCUT2D eigenvalue weighted by molar-refractivity contribution is 0.0951. The van der Waals surface area contributed by atoms with Gasteiger partial charge in [0.1, 0.15) is 11.3 Å². The molecule has 0 saturated heterocycles. The van der Waals surface area contributed by atoms with E-state index in [-0.39, 0.29) is 5.91 Å². The zero-order valence-corrected chi connectivity index (χ0v) is 10.5. The molecule has 0 radical (unpaired) electrons. The standard InChI is InChI=1S/C13H20N2O2/c1-3-4-5-9-15-13(16)12-10(14)7-6-8-11(12)17-2/h6-8H,3-5,9,14H2,1-2H3,(H,15,16). The number of methoxy groups -OCH3 is 1. The van der Waals surface area contributed by atoms with Gasteiger partial charge in [-0.15, -0.1) is 0 Å². The van der Waals surface area contributed by atoms with Crippen LogP contribution >= 0.6 is 0 Å². The highest BCUT2D eigenvalue weighted by atomic mass is 16.5. The molecule has 4 nitrogen and oxygen atoms in total. The fourth-order valence-corrected chi connectivity index (χ4v) is 1.63. The maximum absolute atomic E-state index is 11.9. The first-order chi connectivity index (χ1) is 8.20. The molecule has 0 saturated carbocycles. The third kappa shape index (κ3) is 3.66. The zero-order chi connectivity index (χ0) is 12.7. The minimum absolute atomic E-state index is 0.170.